The van der Waals surface area contributed by atoms with Gasteiger partial charge in [0.05, 0.1) is 13.2 Å². The van der Waals surface area contributed by atoms with E-state index in [4.69, 9.17) is 15.3 Å². The molecule has 62 valence electrons. The Kier molecular flexibility index (Phi) is 10.5. The maximum absolute atomic E-state index is 8.17. The van der Waals surface area contributed by atoms with Gasteiger partial charge in [-0.15, -0.1) is 0 Å². The number of aliphatic hydroxyl groups is 3. The van der Waals surface area contributed by atoms with E-state index in [1.165, 1.54) is 0 Å². The van der Waals surface area contributed by atoms with Gasteiger partial charge in [-0.1, -0.05) is 0 Å². The van der Waals surface area contributed by atoms with E-state index in [0.29, 0.717) is 0 Å². The number of thiocarbonyl (C=S) groups is 1. The van der Waals surface area contributed by atoms with Crippen LogP contribution in [0.5, 0.6) is 0 Å². The van der Waals surface area contributed by atoms with Gasteiger partial charge in [-0.05, 0) is 12.2 Å². The number of aliphatic hydroxyl groups excluding tert-OH is 3. The summed E-state index contributed by atoms with van der Waals surface area (Å²) in [6.45, 7) is -0.729. The minimum atomic E-state index is -0.954. The number of nitrogens with two attached hydrogens (primary N) is 2. The van der Waals surface area contributed by atoms with Gasteiger partial charge in [0.2, 0.25) is 0 Å². The Morgan fingerprint density at radius 1 is 1.30 bits per heavy atom. The summed E-state index contributed by atoms with van der Waals surface area (Å²) >= 11 is 4.09. The Bertz CT molecular complexity index is 82.6. The molecule has 0 saturated heterocycles. The van der Waals surface area contributed by atoms with Crippen LogP contribution in [-0.4, -0.2) is 39.7 Å². The molecule has 0 amide bonds. The molecule has 0 heterocycles. The van der Waals surface area contributed by atoms with Gasteiger partial charge in [0, 0.05) is 0 Å². The summed E-state index contributed by atoms with van der Waals surface area (Å²) < 4.78 is 0. The van der Waals surface area contributed by atoms with Crippen LogP contribution < -0.4 is 11.5 Å². The molecule has 6 heteroatoms. The summed E-state index contributed by atoms with van der Waals surface area (Å²) in [5.41, 5.74) is 9.24. The highest BCUT2D eigenvalue weighted by molar-refractivity contribution is 7.80. The minimum absolute atomic E-state index is 0.000000000000000222. The van der Waals surface area contributed by atoms with Crippen molar-refractivity contribution in [1.29, 1.82) is 0 Å². The lowest BCUT2D eigenvalue weighted by molar-refractivity contribution is 0.0450. The molecule has 0 saturated carbocycles. The average molecular weight is 168 g/mol. The van der Waals surface area contributed by atoms with Crippen molar-refractivity contribution in [1.82, 2.24) is 0 Å². The van der Waals surface area contributed by atoms with Gasteiger partial charge in [0.25, 0.3) is 0 Å². The summed E-state index contributed by atoms with van der Waals surface area (Å²) in [6, 6.07) is 0. The second-order valence-corrected chi connectivity index (χ2v) is 1.89. The van der Waals surface area contributed by atoms with Crippen LogP contribution in [0, 0.1) is 0 Å². The van der Waals surface area contributed by atoms with Crippen LogP contribution in [-0.2, 0) is 0 Å². The van der Waals surface area contributed by atoms with Crippen LogP contribution >= 0.6 is 12.2 Å². The topological polar surface area (TPSA) is 113 Å². The van der Waals surface area contributed by atoms with Crippen molar-refractivity contribution in [2.45, 2.75) is 6.10 Å². The third-order valence-corrected chi connectivity index (χ3v) is 0.421. The second kappa shape index (κ2) is 8.57. The van der Waals surface area contributed by atoms with E-state index < -0.39 is 6.10 Å². The van der Waals surface area contributed by atoms with Crippen molar-refractivity contribution >= 4 is 17.3 Å². The molecule has 5 nitrogen and oxygen atoms in total. The van der Waals surface area contributed by atoms with Crippen LogP contribution in [0.25, 0.3) is 0 Å². The third kappa shape index (κ3) is 25.6. The molecule has 0 aromatic carbocycles. The van der Waals surface area contributed by atoms with Gasteiger partial charge in [-0.25, -0.2) is 0 Å². The maximum atomic E-state index is 8.17. The van der Waals surface area contributed by atoms with Crippen molar-refractivity contribution in [2.24, 2.45) is 11.5 Å². The molecule has 0 aliphatic rings. The SMILES string of the molecule is NC(N)=S.OCC(O)CO. The van der Waals surface area contributed by atoms with Crippen molar-refractivity contribution in [3.8, 4) is 0 Å². The molecule has 0 aliphatic carbocycles. The molecule has 0 rings (SSSR count). The lowest BCUT2D eigenvalue weighted by Crippen LogP contribution is -2.18. The highest BCUT2D eigenvalue weighted by Gasteiger charge is 1.93. The molecule has 0 aliphatic heterocycles. The molecular weight excluding hydrogens is 156 g/mol. The third-order valence-electron chi connectivity index (χ3n) is 0.421. The molecule has 0 bridgehead atoms. The van der Waals surface area contributed by atoms with Crippen LogP contribution in [0.4, 0.5) is 0 Å². The zero-order chi connectivity index (χ0) is 8.57. The quantitative estimate of drug-likeness (QED) is 0.292. The van der Waals surface area contributed by atoms with Gasteiger partial charge in [0.15, 0.2) is 5.11 Å². The van der Waals surface area contributed by atoms with Crippen LogP contribution in [0.15, 0.2) is 0 Å². The van der Waals surface area contributed by atoms with E-state index in [0.717, 1.165) is 0 Å². The normalized spacial score (nSPS) is 8.40. The summed E-state index contributed by atoms with van der Waals surface area (Å²) in [4.78, 5) is 0. The van der Waals surface area contributed by atoms with E-state index >= 15 is 0 Å². The minimum Gasteiger partial charge on any atom is -0.394 e. The van der Waals surface area contributed by atoms with Gasteiger partial charge in [0.1, 0.15) is 6.10 Å². The Balaban J connectivity index is 0. The Morgan fingerprint density at radius 3 is 1.50 bits per heavy atom. The largest absolute Gasteiger partial charge is 0.394 e. The smallest absolute Gasteiger partial charge is 0.160 e. The Labute approximate surface area is 64.3 Å². The molecule has 10 heavy (non-hydrogen) atoms. The number of rotatable bonds is 2. The highest BCUT2D eigenvalue weighted by Crippen LogP contribution is 1.71. The monoisotopic (exact) mass is 168 g/mol. The van der Waals surface area contributed by atoms with Crippen molar-refractivity contribution in [3.63, 3.8) is 0 Å². The van der Waals surface area contributed by atoms with Crippen molar-refractivity contribution < 1.29 is 15.3 Å². The maximum Gasteiger partial charge on any atom is 0.160 e. The molecule has 0 fully saturated rings. The first-order chi connectivity index (χ1) is 4.54. The van der Waals surface area contributed by atoms with E-state index in [-0.39, 0.29) is 18.3 Å². The highest BCUT2D eigenvalue weighted by atomic mass is 32.1. The first kappa shape index (κ1) is 12.3. The van der Waals surface area contributed by atoms with Crippen molar-refractivity contribution in [2.75, 3.05) is 13.2 Å². The van der Waals surface area contributed by atoms with Crippen molar-refractivity contribution in [3.05, 3.63) is 0 Å². The first-order valence-corrected chi connectivity index (χ1v) is 2.90. The van der Waals surface area contributed by atoms with Gasteiger partial charge in [-0.2, -0.15) is 0 Å². The predicted octanol–water partition coefficient (Wildman–Crippen LogP) is -2.48. The number of hydrogen-bond donors (Lipinski definition) is 5. The van der Waals surface area contributed by atoms with Crippen LogP contribution in [0.1, 0.15) is 0 Å². The van der Waals surface area contributed by atoms with E-state index in [1.807, 2.05) is 0 Å². The molecule has 0 spiro atoms. The lowest BCUT2D eigenvalue weighted by atomic mass is 10.4. The van der Waals surface area contributed by atoms with Gasteiger partial charge >= 0.3 is 0 Å². The fraction of sp³-hybridized carbons (Fsp3) is 0.750. The molecule has 0 unspecified atom stereocenters. The molecule has 0 aromatic rings. The average Bonchev–Trinajstić information content (AvgIpc) is 1.85. The van der Waals surface area contributed by atoms with Gasteiger partial charge in [-0.3, -0.25) is 0 Å². The molecule has 0 atom stereocenters. The summed E-state index contributed by atoms with van der Waals surface area (Å²) in [7, 11) is 0. The lowest BCUT2D eigenvalue weighted by Gasteiger charge is -1.96. The summed E-state index contributed by atoms with van der Waals surface area (Å²) in [6.07, 6.45) is -0.954. The molecule has 7 N–H and O–H groups in total. The zero-order valence-electron chi connectivity index (χ0n) is 5.40. The fourth-order valence-corrected chi connectivity index (χ4v) is 0.0577. The van der Waals surface area contributed by atoms with E-state index in [9.17, 15) is 0 Å². The Hall–Kier alpha value is -0.430. The molecule has 0 radical (unpaired) electrons. The predicted molar refractivity (Wildman–Crippen MR) is 41.2 cm³/mol. The molecular formula is C4H12N2O3S. The first-order valence-electron chi connectivity index (χ1n) is 2.49. The summed E-state index contributed by atoms with van der Waals surface area (Å²) in [5.74, 6) is 0. The van der Waals surface area contributed by atoms with Crippen LogP contribution in [0.2, 0.25) is 0 Å². The zero-order valence-corrected chi connectivity index (χ0v) is 6.21. The molecule has 0 aromatic heterocycles. The van der Waals surface area contributed by atoms with E-state index in [2.05, 4.69) is 23.7 Å². The van der Waals surface area contributed by atoms with Crippen LogP contribution in [0.3, 0.4) is 0 Å². The summed E-state index contributed by atoms with van der Waals surface area (Å²) in [5, 5.41) is 24.0. The second-order valence-electron chi connectivity index (χ2n) is 1.42. The fourth-order valence-electron chi connectivity index (χ4n) is 0.0577. The standard InChI is InChI=1S/C3H8O3.CH4N2S/c4-1-3(6)2-5;2-1(3)4/h3-6H,1-2H2;(H4,2,3,4). The number of hydrogen-bond acceptors (Lipinski definition) is 4. The van der Waals surface area contributed by atoms with Gasteiger partial charge < -0.3 is 26.8 Å². The Morgan fingerprint density at radius 2 is 1.50 bits per heavy atom. The van der Waals surface area contributed by atoms with E-state index in [1.54, 1.807) is 0 Å².